The number of aromatic nitrogens is 2. The number of nitrogens with one attached hydrogen (secondary N) is 1. The van der Waals surface area contributed by atoms with Crippen LogP contribution in [0.15, 0.2) is 36.5 Å². The van der Waals surface area contributed by atoms with E-state index in [2.05, 4.69) is 10.4 Å². The van der Waals surface area contributed by atoms with Crippen LogP contribution in [0.25, 0.3) is 0 Å². The van der Waals surface area contributed by atoms with Gasteiger partial charge in [-0.3, -0.25) is 19.6 Å². The molecule has 2 rings (SSSR count). The van der Waals surface area contributed by atoms with Gasteiger partial charge in [0.05, 0.1) is 4.92 Å². The molecule has 0 bridgehead atoms. The van der Waals surface area contributed by atoms with Crippen LogP contribution in [0.2, 0.25) is 0 Å². The first kappa shape index (κ1) is 12.7. The van der Waals surface area contributed by atoms with E-state index < -0.39 is 4.92 Å². The molecule has 0 aliphatic carbocycles. The number of aryl methyl sites for hydroxylation is 1. The minimum Gasteiger partial charge on any atom is -0.321 e. The van der Waals surface area contributed by atoms with Crippen molar-refractivity contribution in [1.82, 2.24) is 9.78 Å². The summed E-state index contributed by atoms with van der Waals surface area (Å²) in [6.07, 6.45) is 1.71. The van der Waals surface area contributed by atoms with Crippen molar-refractivity contribution in [2.24, 2.45) is 0 Å². The van der Waals surface area contributed by atoms with Crippen LogP contribution in [-0.2, 0) is 6.54 Å². The summed E-state index contributed by atoms with van der Waals surface area (Å²) >= 11 is 0. The number of carbonyl (C=O) groups excluding carboxylic acids is 1. The van der Waals surface area contributed by atoms with E-state index in [9.17, 15) is 14.9 Å². The average molecular weight is 260 g/mol. The highest BCUT2D eigenvalue weighted by molar-refractivity contribution is 6.02. The Bertz CT molecular complexity index is 604. The first-order chi connectivity index (χ1) is 9.10. The Labute approximate surface area is 109 Å². The summed E-state index contributed by atoms with van der Waals surface area (Å²) < 4.78 is 1.64. The third-order valence-corrected chi connectivity index (χ3v) is 2.53. The number of hydrogen-bond donors (Lipinski definition) is 1. The number of carbonyl (C=O) groups is 1. The number of rotatable bonds is 4. The zero-order chi connectivity index (χ0) is 13.8. The molecule has 0 saturated carbocycles. The Morgan fingerprint density at radius 3 is 2.58 bits per heavy atom. The van der Waals surface area contributed by atoms with Crippen molar-refractivity contribution in [3.05, 3.63) is 52.3 Å². The fourth-order valence-electron chi connectivity index (χ4n) is 1.52. The minimum absolute atomic E-state index is 0.0201. The van der Waals surface area contributed by atoms with Crippen molar-refractivity contribution in [1.29, 1.82) is 0 Å². The molecule has 0 radical (unpaired) electrons. The van der Waals surface area contributed by atoms with Crippen LogP contribution in [0, 0.1) is 10.1 Å². The van der Waals surface area contributed by atoms with Gasteiger partial charge in [0.15, 0.2) is 5.69 Å². The maximum absolute atomic E-state index is 11.8. The van der Waals surface area contributed by atoms with E-state index in [4.69, 9.17) is 0 Å². The quantitative estimate of drug-likeness (QED) is 0.673. The lowest BCUT2D eigenvalue weighted by Gasteiger charge is -2.02. The Balaban J connectivity index is 2.08. The van der Waals surface area contributed by atoms with Gasteiger partial charge in [-0.15, -0.1) is 0 Å². The molecule has 2 aromatic rings. The summed E-state index contributed by atoms with van der Waals surface area (Å²) in [5.74, 6) is -0.346. The summed E-state index contributed by atoms with van der Waals surface area (Å²) in [5.41, 5.74) is 0.773. The molecule has 1 aromatic heterocycles. The van der Waals surface area contributed by atoms with E-state index in [0.29, 0.717) is 17.9 Å². The maximum Gasteiger partial charge on any atom is 0.276 e. The first-order valence-corrected chi connectivity index (χ1v) is 5.69. The van der Waals surface area contributed by atoms with E-state index >= 15 is 0 Å². The average Bonchev–Trinajstić information content (AvgIpc) is 2.88. The molecule has 1 N–H and O–H groups in total. The van der Waals surface area contributed by atoms with Gasteiger partial charge in [0.1, 0.15) is 0 Å². The zero-order valence-electron chi connectivity index (χ0n) is 10.2. The SMILES string of the molecule is CCn1ccc(C(=O)Nc2ccc([N+](=O)[O-])cc2)n1. The van der Waals surface area contributed by atoms with Gasteiger partial charge in [0.2, 0.25) is 0 Å². The molecule has 19 heavy (non-hydrogen) atoms. The van der Waals surface area contributed by atoms with Gasteiger partial charge in [-0.25, -0.2) is 0 Å². The van der Waals surface area contributed by atoms with Crippen molar-refractivity contribution in [2.75, 3.05) is 5.32 Å². The number of benzene rings is 1. The lowest BCUT2D eigenvalue weighted by atomic mass is 10.3. The molecular weight excluding hydrogens is 248 g/mol. The Hall–Kier alpha value is -2.70. The van der Waals surface area contributed by atoms with Crippen LogP contribution in [0.3, 0.4) is 0 Å². The highest BCUT2D eigenvalue weighted by atomic mass is 16.6. The van der Waals surface area contributed by atoms with Crippen LogP contribution in [0.5, 0.6) is 0 Å². The van der Waals surface area contributed by atoms with Crippen LogP contribution in [0.4, 0.5) is 11.4 Å². The van der Waals surface area contributed by atoms with E-state index in [0.717, 1.165) is 0 Å². The number of nitro benzene ring substituents is 1. The van der Waals surface area contributed by atoms with Crippen LogP contribution >= 0.6 is 0 Å². The van der Waals surface area contributed by atoms with Crippen molar-refractivity contribution in [2.45, 2.75) is 13.5 Å². The first-order valence-electron chi connectivity index (χ1n) is 5.69. The van der Waals surface area contributed by atoms with Gasteiger partial charge in [0, 0.05) is 30.6 Å². The molecule has 0 aliphatic heterocycles. The van der Waals surface area contributed by atoms with Gasteiger partial charge >= 0.3 is 0 Å². The van der Waals surface area contributed by atoms with Crippen LogP contribution in [-0.4, -0.2) is 20.6 Å². The van der Waals surface area contributed by atoms with Gasteiger partial charge in [-0.1, -0.05) is 0 Å². The summed E-state index contributed by atoms with van der Waals surface area (Å²) in [6, 6.07) is 7.24. The topological polar surface area (TPSA) is 90.1 Å². The highest BCUT2D eigenvalue weighted by Gasteiger charge is 2.10. The highest BCUT2D eigenvalue weighted by Crippen LogP contribution is 2.15. The smallest absolute Gasteiger partial charge is 0.276 e. The molecule has 0 atom stereocenters. The van der Waals surface area contributed by atoms with Gasteiger partial charge in [-0.2, -0.15) is 5.10 Å². The number of nitrogens with zero attached hydrogens (tertiary/aromatic N) is 3. The second-order valence-corrected chi connectivity index (χ2v) is 3.81. The summed E-state index contributed by atoms with van der Waals surface area (Å²) in [5, 5.41) is 17.2. The molecule has 7 nitrogen and oxygen atoms in total. The third-order valence-electron chi connectivity index (χ3n) is 2.53. The Morgan fingerprint density at radius 1 is 1.37 bits per heavy atom. The molecule has 0 aliphatic rings. The normalized spacial score (nSPS) is 10.2. The largest absolute Gasteiger partial charge is 0.321 e. The maximum atomic E-state index is 11.8. The number of amides is 1. The Morgan fingerprint density at radius 2 is 2.05 bits per heavy atom. The zero-order valence-corrected chi connectivity index (χ0v) is 10.2. The molecule has 7 heteroatoms. The van der Waals surface area contributed by atoms with Crippen molar-refractivity contribution < 1.29 is 9.72 Å². The lowest BCUT2D eigenvalue weighted by Crippen LogP contribution is -2.13. The minimum atomic E-state index is -0.492. The second-order valence-electron chi connectivity index (χ2n) is 3.81. The number of hydrogen-bond acceptors (Lipinski definition) is 4. The third kappa shape index (κ3) is 2.95. The Kier molecular flexibility index (Phi) is 3.56. The van der Waals surface area contributed by atoms with E-state index in [1.54, 1.807) is 16.9 Å². The van der Waals surface area contributed by atoms with Crippen molar-refractivity contribution in [3.63, 3.8) is 0 Å². The van der Waals surface area contributed by atoms with E-state index in [1.165, 1.54) is 24.3 Å². The predicted molar refractivity (Wildman–Crippen MR) is 69.0 cm³/mol. The molecule has 1 amide bonds. The van der Waals surface area contributed by atoms with Crippen LogP contribution < -0.4 is 5.32 Å². The monoisotopic (exact) mass is 260 g/mol. The number of non-ortho nitro benzene ring substituents is 1. The molecule has 1 aromatic carbocycles. The fraction of sp³-hybridized carbons (Fsp3) is 0.167. The lowest BCUT2D eigenvalue weighted by molar-refractivity contribution is -0.384. The molecule has 0 fully saturated rings. The second kappa shape index (κ2) is 5.30. The molecule has 0 unspecified atom stereocenters. The number of anilines is 1. The molecule has 0 spiro atoms. The molecule has 98 valence electrons. The van der Waals surface area contributed by atoms with Crippen LogP contribution in [0.1, 0.15) is 17.4 Å². The van der Waals surface area contributed by atoms with E-state index in [-0.39, 0.29) is 11.6 Å². The summed E-state index contributed by atoms with van der Waals surface area (Å²) in [6.45, 7) is 2.61. The van der Waals surface area contributed by atoms with E-state index in [1.807, 2.05) is 6.92 Å². The van der Waals surface area contributed by atoms with Gasteiger partial charge in [0.25, 0.3) is 11.6 Å². The predicted octanol–water partition coefficient (Wildman–Crippen LogP) is 2.06. The van der Waals surface area contributed by atoms with Crippen molar-refractivity contribution in [3.8, 4) is 0 Å². The van der Waals surface area contributed by atoms with Gasteiger partial charge in [-0.05, 0) is 25.1 Å². The fourth-order valence-corrected chi connectivity index (χ4v) is 1.52. The summed E-state index contributed by atoms with van der Waals surface area (Å²) in [7, 11) is 0. The van der Waals surface area contributed by atoms with Gasteiger partial charge < -0.3 is 5.32 Å². The summed E-state index contributed by atoms with van der Waals surface area (Å²) in [4.78, 5) is 21.8. The van der Waals surface area contributed by atoms with Crippen molar-refractivity contribution >= 4 is 17.3 Å². The standard InChI is InChI=1S/C12H12N4O3/c1-2-15-8-7-11(14-15)12(17)13-9-3-5-10(6-4-9)16(18)19/h3-8H,2H2,1H3,(H,13,17). The molecular formula is C12H12N4O3. The molecule has 0 saturated heterocycles. The number of nitro groups is 1. The molecule has 1 heterocycles.